The van der Waals surface area contributed by atoms with Crippen molar-refractivity contribution in [2.24, 2.45) is 5.92 Å². The molecule has 0 bridgehead atoms. The Kier molecular flexibility index (Phi) is 7.35. The number of hydrogen-bond donors (Lipinski definition) is 0. The lowest BCUT2D eigenvalue weighted by Crippen LogP contribution is -2.11. The van der Waals surface area contributed by atoms with Gasteiger partial charge < -0.3 is 4.74 Å². The van der Waals surface area contributed by atoms with E-state index in [4.69, 9.17) is 10.00 Å². The molecule has 0 rings (SSSR count). The third-order valence-corrected chi connectivity index (χ3v) is 1.79. The van der Waals surface area contributed by atoms with E-state index < -0.39 is 5.97 Å². The SMILES string of the molecule is CCCCC=C(C#N)C(=O)OCC(C)C. The van der Waals surface area contributed by atoms with Crippen molar-refractivity contribution in [3.8, 4) is 6.07 Å². The molecule has 0 aliphatic carbocycles. The second-order valence-electron chi connectivity index (χ2n) is 3.86. The van der Waals surface area contributed by atoms with Crippen LogP contribution in [0.4, 0.5) is 0 Å². The van der Waals surface area contributed by atoms with E-state index in [0.717, 1.165) is 19.3 Å². The monoisotopic (exact) mass is 209 g/mol. The summed E-state index contributed by atoms with van der Waals surface area (Å²) in [6.45, 7) is 6.35. The number of allylic oxidation sites excluding steroid dienone is 1. The molecule has 84 valence electrons. The van der Waals surface area contributed by atoms with Crippen molar-refractivity contribution in [1.29, 1.82) is 5.26 Å². The molecule has 0 heterocycles. The van der Waals surface area contributed by atoms with Crippen molar-refractivity contribution in [2.75, 3.05) is 6.61 Å². The lowest BCUT2D eigenvalue weighted by atomic mass is 10.2. The Morgan fingerprint density at radius 2 is 2.20 bits per heavy atom. The van der Waals surface area contributed by atoms with Crippen molar-refractivity contribution in [3.63, 3.8) is 0 Å². The van der Waals surface area contributed by atoms with Gasteiger partial charge in [0.1, 0.15) is 11.6 Å². The average Bonchev–Trinajstić information content (AvgIpc) is 2.21. The van der Waals surface area contributed by atoms with Crippen LogP contribution in [0.1, 0.15) is 40.0 Å². The van der Waals surface area contributed by atoms with E-state index in [1.807, 2.05) is 19.9 Å². The maximum Gasteiger partial charge on any atom is 0.348 e. The molecule has 15 heavy (non-hydrogen) atoms. The molecule has 0 aromatic heterocycles. The molecule has 0 radical (unpaired) electrons. The minimum Gasteiger partial charge on any atom is -0.461 e. The van der Waals surface area contributed by atoms with E-state index in [-0.39, 0.29) is 5.57 Å². The highest BCUT2D eigenvalue weighted by atomic mass is 16.5. The van der Waals surface area contributed by atoms with Gasteiger partial charge in [-0.15, -0.1) is 0 Å². The molecule has 0 aliphatic rings. The first-order valence-corrected chi connectivity index (χ1v) is 5.39. The molecular weight excluding hydrogens is 190 g/mol. The first-order chi connectivity index (χ1) is 7.11. The minimum absolute atomic E-state index is 0.129. The second kappa shape index (κ2) is 8.05. The van der Waals surface area contributed by atoms with Gasteiger partial charge in [-0.1, -0.05) is 39.7 Å². The van der Waals surface area contributed by atoms with Gasteiger partial charge in [-0.25, -0.2) is 4.79 Å². The van der Waals surface area contributed by atoms with Gasteiger partial charge in [0.25, 0.3) is 0 Å². The van der Waals surface area contributed by atoms with Crippen molar-refractivity contribution in [1.82, 2.24) is 0 Å². The van der Waals surface area contributed by atoms with Gasteiger partial charge in [-0.3, -0.25) is 0 Å². The molecule has 0 aromatic rings. The third kappa shape index (κ3) is 6.73. The molecule has 0 saturated heterocycles. The van der Waals surface area contributed by atoms with Crippen molar-refractivity contribution < 1.29 is 9.53 Å². The summed E-state index contributed by atoms with van der Waals surface area (Å²) in [6, 6.07) is 1.87. The van der Waals surface area contributed by atoms with Gasteiger partial charge in [0.05, 0.1) is 6.61 Å². The maximum absolute atomic E-state index is 11.4. The summed E-state index contributed by atoms with van der Waals surface area (Å²) in [4.78, 5) is 11.4. The van der Waals surface area contributed by atoms with Crippen LogP contribution in [0, 0.1) is 17.2 Å². The van der Waals surface area contributed by atoms with Gasteiger partial charge in [0.2, 0.25) is 0 Å². The fourth-order valence-corrected chi connectivity index (χ4v) is 0.945. The number of unbranched alkanes of at least 4 members (excludes halogenated alkanes) is 2. The first-order valence-electron chi connectivity index (χ1n) is 5.39. The van der Waals surface area contributed by atoms with Crippen LogP contribution in [0.15, 0.2) is 11.6 Å². The number of nitrogens with zero attached hydrogens (tertiary/aromatic N) is 1. The molecule has 3 nitrogen and oxygen atoms in total. The van der Waals surface area contributed by atoms with E-state index >= 15 is 0 Å². The van der Waals surface area contributed by atoms with Gasteiger partial charge in [-0.05, 0) is 12.3 Å². The first kappa shape index (κ1) is 13.7. The number of carbonyl (C=O) groups is 1. The maximum atomic E-state index is 11.4. The molecule has 0 atom stereocenters. The smallest absolute Gasteiger partial charge is 0.348 e. The fourth-order valence-electron chi connectivity index (χ4n) is 0.945. The number of carbonyl (C=O) groups excluding carboxylic acids is 1. The van der Waals surface area contributed by atoms with Crippen molar-refractivity contribution in [2.45, 2.75) is 40.0 Å². The number of hydrogen-bond acceptors (Lipinski definition) is 3. The number of rotatable bonds is 6. The zero-order chi connectivity index (χ0) is 11.7. The number of ether oxygens (including phenoxy) is 1. The summed E-state index contributed by atoms with van der Waals surface area (Å²) < 4.78 is 4.96. The Morgan fingerprint density at radius 3 is 2.67 bits per heavy atom. The van der Waals surface area contributed by atoms with E-state index in [1.165, 1.54) is 0 Å². The summed E-state index contributed by atoms with van der Waals surface area (Å²) >= 11 is 0. The summed E-state index contributed by atoms with van der Waals surface area (Å²) in [7, 11) is 0. The summed E-state index contributed by atoms with van der Waals surface area (Å²) in [5.41, 5.74) is 0.129. The summed E-state index contributed by atoms with van der Waals surface area (Å²) in [6.07, 6.45) is 4.46. The topological polar surface area (TPSA) is 50.1 Å². The Balaban J connectivity index is 4.11. The third-order valence-electron chi connectivity index (χ3n) is 1.79. The lowest BCUT2D eigenvalue weighted by Gasteiger charge is -2.05. The predicted molar refractivity (Wildman–Crippen MR) is 59.0 cm³/mol. The highest BCUT2D eigenvalue weighted by molar-refractivity contribution is 5.92. The largest absolute Gasteiger partial charge is 0.461 e. The Bertz CT molecular complexity index is 261. The fraction of sp³-hybridized carbons (Fsp3) is 0.667. The highest BCUT2D eigenvalue weighted by Gasteiger charge is 2.10. The molecule has 0 saturated carbocycles. The molecule has 0 unspecified atom stereocenters. The molecule has 0 aromatic carbocycles. The van der Waals surface area contributed by atoms with E-state index in [0.29, 0.717) is 12.5 Å². The van der Waals surface area contributed by atoms with E-state index in [1.54, 1.807) is 6.08 Å². The average molecular weight is 209 g/mol. The van der Waals surface area contributed by atoms with Crippen LogP contribution >= 0.6 is 0 Å². The zero-order valence-corrected chi connectivity index (χ0v) is 9.75. The quantitative estimate of drug-likeness (QED) is 0.292. The van der Waals surface area contributed by atoms with Crippen LogP contribution in [-0.4, -0.2) is 12.6 Å². The van der Waals surface area contributed by atoms with Crippen LogP contribution in [0.3, 0.4) is 0 Å². The van der Waals surface area contributed by atoms with Crippen LogP contribution < -0.4 is 0 Å². The molecular formula is C12H19NO2. The number of esters is 1. The summed E-state index contributed by atoms with van der Waals surface area (Å²) in [5, 5.41) is 8.74. The Labute approximate surface area is 91.7 Å². The molecule has 3 heteroatoms. The van der Waals surface area contributed by atoms with Crippen LogP contribution in [0.25, 0.3) is 0 Å². The standard InChI is InChI=1S/C12H19NO2/c1-4-5-6-7-11(8-13)12(14)15-9-10(2)3/h7,10H,4-6,9H2,1-3H3. The normalized spacial score (nSPS) is 11.3. The van der Waals surface area contributed by atoms with Gasteiger partial charge in [-0.2, -0.15) is 5.26 Å². The van der Waals surface area contributed by atoms with Crippen LogP contribution in [0.2, 0.25) is 0 Å². The van der Waals surface area contributed by atoms with Gasteiger partial charge in [0, 0.05) is 0 Å². The Morgan fingerprint density at radius 1 is 1.53 bits per heavy atom. The zero-order valence-electron chi connectivity index (χ0n) is 9.75. The summed E-state index contributed by atoms with van der Waals surface area (Å²) in [5.74, 6) is -0.202. The van der Waals surface area contributed by atoms with E-state index in [2.05, 4.69) is 6.92 Å². The molecule has 0 fully saturated rings. The van der Waals surface area contributed by atoms with Gasteiger partial charge >= 0.3 is 5.97 Å². The van der Waals surface area contributed by atoms with Crippen molar-refractivity contribution >= 4 is 5.97 Å². The van der Waals surface area contributed by atoms with Crippen LogP contribution in [-0.2, 0) is 9.53 Å². The molecule has 0 N–H and O–H groups in total. The predicted octanol–water partition coefficient (Wildman–Crippen LogP) is 2.83. The second-order valence-corrected chi connectivity index (χ2v) is 3.86. The molecule has 0 amide bonds. The van der Waals surface area contributed by atoms with Crippen LogP contribution in [0.5, 0.6) is 0 Å². The highest BCUT2D eigenvalue weighted by Crippen LogP contribution is 2.04. The molecule has 0 aliphatic heterocycles. The minimum atomic E-state index is -0.498. The van der Waals surface area contributed by atoms with E-state index in [9.17, 15) is 4.79 Å². The molecule has 0 spiro atoms. The number of nitriles is 1. The van der Waals surface area contributed by atoms with Crippen molar-refractivity contribution in [3.05, 3.63) is 11.6 Å². The van der Waals surface area contributed by atoms with Gasteiger partial charge in [0.15, 0.2) is 0 Å². The lowest BCUT2D eigenvalue weighted by molar-refractivity contribution is -0.139. The Hall–Kier alpha value is -1.30.